The summed E-state index contributed by atoms with van der Waals surface area (Å²) in [5.74, 6) is -0.166. The molecule has 2 nitrogen and oxygen atoms in total. The van der Waals surface area contributed by atoms with Crippen LogP contribution in [-0.2, 0) is 0 Å². The van der Waals surface area contributed by atoms with Crippen molar-refractivity contribution in [2.45, 2.75) is 6.61 Å². The van der Waals surface area contributed by atoms with E-state index in [1.54, 1.807) is 6.08 Å². The zero-order chi connectivity index (χ0) is 14.5. The van der Waals surface area contributed by atoms with Gasteiger partial charge in [-0.3, -0.25) is 4.79 Å². The largest absolute Gasteiger partial charge is 0.435 e. The number of thiophene rings is 1. The number of rotatable bonds is 5. The molecule has 0 radical (unpaired) electrons. The number of alkyl halides is 2. The van der Waals surface area contributed by atoms with E-state index in [4.69, 9.17) is 0 Å². The molecule has 0 bridgehead atoms. The Hall–Kier alpha value is -1.53. The normalized spacial score (nSPS) is 11.2. The first-order valence-electron chi connectivity index (χ1n) is 5.56. The van der Waals surface area contributed by atoms with Crippen molar-refractivity contribution >= 4 is 39.1 Å². The molecule has 0 fully saturated rings. The smallest absolute Gasteiger partial charge is 0.387 e. The van der Waals surface area contributed by atoms with Crippen LogP contribution in [0.1, 0.15) is 15.2 Å². The number of allylic oxidation sites excluding steroid dienone is 1. The number of carbonyl (C=O) groups is 1. The fourth-order valence-corrected chi connectivity index (χ4v) is 2.81. The van der Waals surface area contributed by atoms with Crippen molar-refractivity contribution in [3.63, 3.8) is 0 Å². The van der Waals surface area contributed by atoms with Crippen molar-refractivity contribution in [3.8, 4) is 5.75 Å². The lowest BCUT2D eigenvalue weighted by Gasteiger charge is -2.04. The molecule has 0 saturated carbocycles. The minimum Gasteiger partial charge on any atom is -0.435 e. The Morgan fingerprint density at radius 2 is 2.00 bits per heavy atom. The molecule has 0 aliphatic rings. The first-order valence-corrected chi connectivity index (χ1v) is 7.23. The van der Waals surface area contributed by atoms with Crippen molar-refractivity contribution in [1.29, 1.82) is 0 Å². The van der Waals surface area contributed by atoms with E-state index in [0.717, 1.165) is 9.35 Å². The molecule has 2 aromatic rings. The van der Waals surface area contributed by atoms with Gasteiger partial charge in [0.25, 0.3) is 0 Å². The van der Waals surface area contributed by atoms with Crippen molar-refractivity contribution in [1.82, 2.24) is 0 Å². The SMILES string of the molecule is O=C(/C=C/c1cc(Br)cs1)c1ccc(OC(F)F)cc1. The maximum Gasteiger partial charge on any atom is 0.387 e. The van der Waals surface area contributed by atoms with Crippen LogP contribution >= 0.6 is 27.3 Å². The minimum atomic E-state index is -2.87. The Labute approximate surface area is 126 Å². The number of carbonyl (C=O) groups excluding carboxylic acids is 1. The molecule has 0 spiro atoms. The number of hydrogen-bond acceptors (Lipinski definition) is 3. The zero-order valence-corrected chi connectivity index (χ0v) is 12.5. The lowest BCUT2D eigenvalue weighted by atomic mass is 10.1. The van der Waals surface area contributed by atoms with Gasteiger partial charge in [-0.25, -0.2) is 0 Å². The van der Waals surface area contributed by atoms with Crippen molar-refractivity contribution < 1.29 is 18.3 Å². The van der Waals surface area contributed by atoms with Crippen LogP contribution in [0, 0.1) is 0 Å². The van der Waals surface area contributed by atoms with E-state index in [1.165, 1.54) is 41.7 Å². The molecule has 2 rings (SSSR count). The minimum absolute atomic E-state index is 0.0303. The van der Waals surface area contributed by atoms with Crippen molar-refractivity contribution in [2.75, 3.05) is 0 Å². The molecule has 0 unspecified atom stereocenters. The van der Waals surface area contributed by atoms with Gasteiger partial charge in [-0.2, -0.15) is 8.78 Å². The van der Waals surface area contributed by atoms with Crippen LogP contribution in [-0.4, -0.2) is 12.4 Å². The molecule has 1 aromatic carbocycles. The van der Waals surface area contributed by atoms with Crippen molar-refractivity contribution in [3.05, 3.63) is 56.7 Å². The van der Waals surface area contributed by atoms with Crippen LogP contribution < -0.4 is 4.74 Å². The molecule has 0 aliphatic carbocycles. The number of ether oxygens (including phenoxy) is 1. The third kappa shape index (κ3) is 4.25. The second-order valence-corrected chi connectivity index (χ2v) is 5.63. The van der Waals surface area contributed by atoms with E-state index in [0.29, 0.717) is 5.56 Å². The molecule has 1 heterocycles. The van der Waals surface area contributed by atoms with Crippen LogP contribution in [0.5, 0.6) is 5.75 Å². The zero-order valence-electron chi connectivity index (χ0n) is 10.1. The van der Waals surface area contributed by atoms with E-state index >= 15 is 0 Å². The van der Waals surface area contributed by atoms with E-state index in [2.05, 4.69) is 20.7 Å². The third-order valence-corrected chi connectivity index (χ3v) is 4.01. The molecule has 0 saturated heterocycles. The summed E-state index contributed by atoms with van der Waals surface area (Å²) in [7, 11) is 0. The van der Waals surface area contributed by atoms with Crippen LogP contribution in [0.15, 0.2) is 46.3 Å². The Balaban J connectivity index is 2.04. The molecule has 104 valence electrons. The highest BCUT2D eigenvalue weighted by atomic mass is 79.9. The Bertz CT molecular complexity index is 620. The number of hydrogen-bond donors (Lipinski definition) is 0. The van der Waals surface area contributed by atoms with Gasteiger partial charge in [0.2, 0.25) is 0 Å². The van der Waals surface area contributed by atoms with Gasteiger partial charge in [0, 0.05) is 20.3 Å². The van der Waals surface area contributed by atoms with Gasteiger partial charge >= 0.3 is 6.61 Å². The van der Waals surface area contributed by atoms with E-state index in [9.17, 15) is 13.6 Å². The van der Waals surface area contributed by atoms with Gasteiger partial charge in [0.1, 0.15) is 5.75 Å². The molecule has 20 heavy (non-hydrogen) atoms. The van der Waals surface area contributed by atoms with Gasteiger partial charge in [-0.05, 0) is 58.4 Å². The molecule has 0 aliphatic heterocycles. The Morgan fingerprint density at radius 3 is 2.55 bits per heavy atom. The quantitative estimate of drug-likeness (QED) is 0.554. The fraction of sp³-hybridized carbons (Fsp3) is 0.0714. The van der Waals surface area contributed by atoms with E-state index in [1.807, 2.05) is 11.4 Å². The molecule has 0 amide bonds. The van der Waals surface area contributed by atoms with Crippen LogP contribution in [0.4, 0.5) is 8.78 Å². The predicted octanol–water partition coefficient (Wildman–Crippen LogP) is 5.01. The van der Waals surface area contributed by atoms with Gasteiger partial charge in [0.05, 0.1) is 0 Å². The lowest BCUT2D eigenvalue weighted by Crippen LogP contribution is -2.02. The topological polar surface area (TPSA) is 26.3 Å². The van der Waals surface area contributed by atoms with Crippen LogP contribution in [0.3, 0.4) is 0 Å². The summed E-state index contributed by atoms with van der Waals surface area (Å²) in [5.41, 5.74) is 0.415. The average Bonchev–Trinajstić information content (AvgIpc) is 2.82. The van der Waals surface area contributed by atoms with Gasteiger partial charge in [-0.1, -0.05) is 0 Å². The van der Waals surface area contributed by atoms with Gasteiger partial charge in [-0.15, -0.1) is 11.3 Å². The summed E-state index contributed by atoms with van der Waals surface area (Å²) < 4.78 is 29.2. The summed E-state index contributed by atoms with van der Waals surface area (Å²) in [6, 6.07) is 7.49. The first kappa shape index (κ1) is 14.9. The van der Waals surface area contributed by atoms with Gasteiger partial charge < -0.3 is 4.74 Å². The summed E-state index contributed by atoms with van der Waals surface area (Å²) in [4.78, 5) is 12.8. The number of halogens is 3. The highest BCUT2D eigenvalue weighted by Crippen LogP contribution is 2.21. The average molecular weight is 359 g/mol. The summed E-state index contributed by atoms with van der Waals surface area (Å²) in [5, 5.41) is 1.92. The summed E-state index contributed by atoms with van der Waals surface area (Å²) in [6.45, 7) is -2.87. The number of benzene rings is 1. The second kappa shape index (κ2) is 6.76. The summed E-state index contributed by atoms with van der Waals surface area (Å²) in [6.07, 6.45) is 3.16. The van der Waals surface area contributed by atoms with Crippen LogP contribution in [0.25, 0.3) is 6.08 Å². The molecule has 0 N–H and O–H groups in total. The highest BCUT2D eigenvalue weighted by Gasteiger charge is 2.06. The van der Waals surface area contributed by atoms with E-state index < -0.39 is 6.61 Å². The Morgan fingerprint density at radius 1 is 1.30 bits per heavy atom. The molecular formula is C14H9BrF2O2S. The third-order valence-electron chi connectivity index (χ3n) is 2.35. The Kier molecular flexibility index (Phi) is 5.03. The lowest BCUT2D eigenvalue weighted by molar-refractivity contribution is -0.0498. The van der Waals surface area contributed by atoms with Gasteiger partial charge in [0.15, 0.2) is 5.78 Å². The molecule has 6 heteroatoms. The van der Waals surface area contributed by atoms with Crippen molar-refractivity contribution in [2.24, 2.45) is 0 Å². The van der Waals surface area contributed by atoms with E-state index in [-0.39, 0.29) is 11.5 Å². The highest BCUT2D eigenvalue weighted by molar-refractivity contribution is 9.10. The predicted molar refractivity (Wildman–Crippen MR) is 78.5 cm³/mol. The second-order valence-electron chi connectivity index (χ2n) is 3.77. The number of ketones is 1. The maximum atomic E-state index is 12.0. The monoisotopic (exact) mass is 358 g/mol. The maximum absolute atomic E-state index is 12.0. The molecule has 0 atom stereocenters. The fourth-order valence-electron chi connectivity index (χ4n) is 1.47. The standard InChI is InChI=1S/C14H9BrF2O2S/c15-10-7-12(20-8-10)5-6-13(18)9-1-3-11(4-2-9)19-14(16)17/h1-8,14H/b6-5+. The molecule has 1 aromatic heterocycles. The first-order chi connectivity index (χ1) is 9.54. The summed E-state index contributed by atoms with van der Waals surface area (Å²) >= 11 is 4.83. The molecular weight excluding hydrogens is 350 g/mol. The van der Waals surface area contributed by atoms with Crippen LogP contribution in [0.2, 0.25) is 0 Å².